The zero-order valence-electron chi connectivity index (χ0n) is 3.38. The molecule has 0 bridgehead atoms. The highest BCUT2D eigenvalue weighted by Crippen LogP contribution is 1.67. The van der Waals surface area contributed by atoms with Gasteiger partial charge < -0.3 is 0 Å². The van der Waals surface area contributed by atoms with Crippen molar-refractivity contribution in [3.63, 3.8) is 0 Å². The molecule has 0 unspecified atom stereocenters. The summed E-state index contributed by atoms with van der Waals surface area (Å²) in [4.78, 5) is 13.1. The minimum absolute atomic E-state index is 0.308. The van der Waals surface area contributed by atoms with E-state index in [1.807, 2.05) is 0 Å². The molecule has 0 aliphatic carbocycles. The molecule has 0 heterocycles. The molecule has 0 fully saturated rings. The number of carbonyl (C=O) groups is 1. The van der Waals surface area contributed by atoms with Crippen molar-refractivity contribution in [2.45, 2.75) is 0 Å². The van der Waals surface area contributed by atoms with Crippen molar-refractivity contribution in [2.75, 3.05) is 7.05 Å². The third-order valence-corrected chi connectivity index (χ3v) is 0.355. The first kappa shape index (κ1) is 5.69. The largest absolute Gasteiger partial charge is 0.292 e. The fourth-order valence-electron chi connectivity index (χ4n) is 0.110. The van der Waals surface area contributed by atoms with Crippen LogP contribution in [0, 0.1) is 0 Å². The molecule has 2 nitrogen and oxygen atoms in total. The molecule has 0 atom stereocenters. The number of thiol groups is 1. The molecule has 0 rings (SSSR count). The van der Waals surface area contributed by atoms with E-state index in [9.17, 15) is 4.79 Å². The Morgan fingerprint density at radius 1 is 2.00 bits per heavy atom. The topological polar surface area (TPSA) is 29.4 Å². The maximum Gasteiger partial charge on any atom is 0.226 e. The van der Waals surface area contributed by atoms with Gasteiger partial charge in [-0.15, -0.1) is 0 Å². The van der Waals surface area contributed by atoms with E-state index in [-0.39, 0.29) is 5.12 Å². The Balaban J connectivity index is 3.30. The average Bonchev–Trinajstić information content (AvgIpc) is 1.35. The van der Waals surface area contributed by atoms with Crippen LogP contribution in [0.1, 0.15) is 0 Å². The first-order valence-corrected chi connectivity index (χ1v) is 1.87. The van der Waals surface area contributed by atoms with Crippen LogP contribution in [0.4, 0.5) is 0 Å². The van der Waals surface area contributed by atoms with E-state index in [4.69, 9.17) is 0 Å². The summed E-state index contributed by atoms with van der Waals surface area (Å²) in [5, 5.41) is -0.308. The standard InChI is InChI=1S/C3H5NOS/c1-4-2-3(5)6/h2H,1H3,(H,5,6). The SMILES string of the molecule is CN=CC(=O)S. The second-order valence-corrected chi connectivity index (χ2v) is 1.17. The van der Waals surface area contributed by atoms with Crippen LogP contribution >= 0.6 is 12.6 Å². The molecule has 0 aliphatic heterocycles. The van der Waals surface area contributed by atoms with Gasteiger partial charge in [0.15, 0.2) is 0 Å². The quantitative estimate of drug-likeness (QED) is 0.371. The van der Waals surface area contributed by atoms with Crippen LogP contribution in [0.25, 0.3) is 0 Å². The summed E-state index contributed by atoms with van der Waals surface area (Å²) < 4.78 is 0. The van der Waals surface area contributed by atoms with Crippen molar-refractivity contribution in [3.8, 4) is 0 Å². The van der Waals surface area contributed by atoms with E-state index in [0.717, 1.165) is 6.21 Å². The summed E-state index contributed by atoms with van der Waals surface area (Å²) in [5.74, 6) is 0. The predicted molar refractivity (Wildman–Crippen MR) is 28.4 cm³/mol. The van der Waals surface area contributed by atoms with Gasteiger partial charge in [-0.25, -0.2) is 0 Å². The Morgan fingerprint density at radius 3 is 2.50 bits per heavy atom. The van der Waals surface area contributed by atoms with Crippen molar-refractivity contribution in [3.05, 3.63) is 0 Å². The van der Waals surface area contributed by atoms with Gasteiger partial charge in [-0.2, -0.15) is 0 Å². The molecule has 0 aliphatic rings. The van der Waals surface area contributed by atoms with E-state index in [0.29, 0.717) is 0 Å². The van der Waals surface area contributed by atoms with Crippen LogP contribution in [0.2, 0.25) is 0 Å². The molecular weight excluding hydrogens is 98.1 g/mol. The van der Waals surface area contributed by atoms with Crippen molar-refractivity contribution in [1.82, 2.24) is 0 Å². The lowest BCUT2D eigenvalue weighted by Crippen LogP contribution is -1.82. The second kappa shape index (κ2) is 2.90. The molecule has 0 amide bonds. The molecule has 0 aromatic rings. The molecule has 0 radical (unpaired) electrons. The van der Waals surface area contributed by atoms with E-state index in [1.54, 1.807) is 0 Å². The van der Waals surface area contributed by atoms with Crippen molar-refractivity contribution in [2.24, 2.45) is 4.99 Å². The average molecular weight is 103 g/mol. The van der Waals surface area contributed by atoms with Gasteiger partial charge in [0.2, 0.25) is 5.12 Å². The van der Waals surface area contributed by atoms with E-state index < -0.39 is 0 Å². The fourth-order valence-corrected chi connectivity index (χ4v) is 0.226. The monoisotopic (exact) mass is 103 g/mol. The summed E-state index contributed by atoms with van der Waals surface area (Å²) in [5.41, 5.74) is 0. The summed E-state index contributed by atoms with van der Waals surface area (Å²) >= 11 is 3.39. The zero-order valence-corrected chi connectivity index (χ0v) is 4.27. The highest BCUT2D eigenvalue weighted by molar-refractivity contribution is 7.98. The van der Waals surface area contributed by atoms with Crippen LogP contribution in [-0.2, 0) is 4.79 Å². The Kier molecular flexibility index (Phi) is 2.75. The molecule has 0 saturated heterocycles. The minimum atomic E-state index is -0.308. The number of aliphatic imine (C=N–C) groups is 1. The van der Waals surface area contributed by atoms with Crippen molar-refractivity contribution >= 4 is 24.0 Å². The Bertz CT molecular complexity index is 78.9. The Hall–Kier alpha value is -0.310. The highest BCUT2D eigenvalue weighted by atomic mass is 32.1. The molecule has 0 N–H and O–H groups in total. The number of hydrogen-bond acceptors (Lipinski definition) is 2. The van der Waals surface area contributed by atoms with Gasteiger partial charge >= 0.3 is 0 Å². The van der Waals surface area contributed by atoms with Crippen molar-refractivity contribution < 1.29 is 4.79 Å². The molecule has 0 saturated carbocycles. The lowest BCUT2D eigenvalue weighted by atomic mass is 10.8. The van der Waals surface area contributed by atoms with E-state index in [1.165, 1.54) is 7.05 Å². The summed E-state index contributed by atoms with van der Waals surface area (Å²) in [6.45, 7) is 0. The third-order valence-electron chi connectivity index (χ3n) is 0.240. The lowest BCUT2D eigenvalue weighted by molar-refractivity contribution is -0.105. The first-order valence-electron chi connectivity index (χ1n) is 1.42. The summed E-state index contributed by atoms with van der Waals surface area (Å²) in [7, 11) is 1.52. The summed E-state index contributed by atoms with van der Waals surface area (Å²) in [6.07, 6.45) is 1.14. The van der Waals surface area contributed by atoms with Crippen LogP contribution < -0.4 is 0 Å². The highest BCUT2D eigenvalue weighted by Gasteiger charge is 1.76. The lowest BCUT2D eigenvalue weighted by Gasteiger charge is -1.67. The molecule has 3 heteroatoms. The molecule has 0 aromatic carbocycles. The normalized spacial score (nSPS) is 9.67. The number of hydrogen-bond donors (Lipinski definition) is 1. The fraction of sp³-hybridized carbons (Fsp3) is 0.333. The molecule has 34 valence electrons. The third kappa shape index (κ3) is 3.69. The maximum atomic E-state index is 9.76. The van der Waals surface area contributed by atoms with Crippen LogP contribution in [0.15, 0.2) is 4.99 Å². The molecule has 6 heavy (non-hydrogen) atoms. The Morgan fingerprint density at radius 2 is 2.50 bits per heavy atom. The van der Waals surface area contributed by atoms with Crippen LogP contribution in [0.5, 0.6) is 0 Å². The number of nitrogens with zero attached hydrogens (tertiary/aromatic N) is 1. The van der Waals surface area contributed by atoms with Crippen molar-refractivity contribution in [1.29, 1.82) is 0 Å². The van der Waals surface area contributed by atoms with Gasteiger partial charge in [0.05, 0.1) is 6.21 Å². The number of carbonyl (C=O) groups excluding carboxylic acids is 1. The molecule has 0 spiro atoms. The van der Waals surface area contributed by atoms with E-state index in [2.05, 4.69) is 17.6 Å². The van der Waals surface area contributed by atoms with Gasteiger partial charge in [-0.1, -0.05) is 12.6 Å². The predicted octanol–water partition coefficient (Wildman–Crippen LogP) is 0.143. The zero-order chi connectivity index (χ0) is 4.99. The van der Waals surface area contributed by atoms with E-state index >= 15 is 0 Å². The second-order valence-electron chi connectivity index (χ2n) is 0.726. The van der Waals surface area contributed by atoms with Crippen LogP contribution in [0.3, 0.4) is 0 Å². The number of rotatable bonds is 1. The molecule has 0 aromatic heterocycles. The van der Waals surface area contributed by atoms with Crippen LogP contribution in [-0.4, -0.2) is 18.4 Å². The maximum absolute atomic E-state index is 9.76. The van der Waals surface area contributed by atoms with Gasteiger partial charge in [-0.3, -0.25) is 9.79 Å². The summed E-state index contributed by atoms with van der Waals surface area (Å²) in [6, 6.07) is 0. The van der Waals surface area contributed by atoms with Gasteiger partial charge in [0, 0.05) is 7.05 Å². The minimum Gasteiger partial charge on any atom is -0.292 e. The van der Waals surface area contributed by atoms with Gasteiger partial charge in [-0.05, 0) is 0 Å². The van der Waals surface area contributed by atoms with Gasteiger partial charge in [0.1, 0.15) is 0 Å². The molecular formula is C3H5NOS. The Labute approximate surface area is 41.7 Å². The van der Waals surface area contributed by atoms with Gasteiger partial charge in [0.25, 0.3) is 0 Å². The smallest absolute Gasteiger partial charge is 0.226 e. The first-order chi connectivity index (χ1) is 2.77.